The summed E-state index contributed by atoms with van der Waals surface area (Å²) in [6.07, 6.45) is 2.82. The van der Waals surface area contributed by atoms with Crippen molar-refractivity contribution in [3.63, 3.8) is 0 Å². The predicted molar refractivity (Wildman–Crippen MR) is 90.3 cm³/mol. The van der Waals surface area contributed by atoms with Crippen LogP contribution < -0.4 is 16.0 Å². The third-order valence-electron chi connectivity index (χ3n) is 4.37. The number of nitrogens with zero attached hydrogens (tertiary/aromatic N) is 1. The highest BCUT2D eigenvalue weighted by molar-refractivity contribution is 5.87. The number of rotatable bonds is 5. The van der Waals surface area contributed by atoms with Gasteiger partial charge < -0.3 is 26.0 Å². The fraction of sp³-hybridized carbons (Fsp3) is 0.471. The lowest BCUT2D eigenvalue weighted by Crippen LogP contribution is -2.45. The molecular weight excluding hydrogens is 324 g/mol. The summed E-state index contributed by atoms with van der Waals surface area (Å²) in [6.45, 7) is 1.41. The van der Waals surface area contributed by atoms with Crippen molar-refractivity contribution in [1.82, 2.24) is 20.9 Å². The van der Waals surface area contributed by atoms with E-state index in [9.17, 15) is 14.4 Å². The smallest absolute Gasteiger partial charge is 0.335 e. The van der Waals surface area contributed by atoms with Crippen LogP contribution in [0.5, 0.6) is 0 Å². The molecule has 8 nitrogen and oxygen atoms in total. The minimum absolute atomic E-state index is 0.0284. The molecule has 25 heavy (non-hydrogen) atoms. The van der Waals surface area contributed by atoms with Crippen LogP contribution in [0.1, 0.15) is 35.2 Å². The highest BCUT2D eigenvalue weighted by Gasteiger charge is 2.29. The van der Waals surface area contributed by atoms with E-state index >= 15 is 0 Å². The minimum atomic E-state index is -0.975. The van der Waals surface area contributed by atoms with Gasteiger partial charge >= 0.3 is 18.0 Å². The van der Waals surface area contributed by atoms with Gasteiger partial charge in [0, 0.05) is 31.7 Å². The van der Waals surface area contributed by atoms with Crippen LogP contribution in [0.3, 0.4) is 0 Å². The second-order valence-corrected chi connectivity index (χ2v) is 6.48. The molecule has 2 fully saturated rings. The number of carbonyl (C=O) groups excluding carboxylic acids is 2. The number of nitrogens with one attached hydrogen (secondary N) is 3. The van der Waals surface area contributed by atoms with Gasteiger partial charge in [-0.05, 0) is 37.0 Å². The fourth-order valence-electron chi connectivity index (χ4n) is 2.76. The molecule has 1 aromatic rings. The maximum absolute atomic E-state index is 12.2. The van der Waals surface area contributed by atoms with E-state index in [1.807, 2.05) is 0 Å². The Morgan fingerprint density at radius 3 is 2.36 bits per heavy atom. The van der Waals surface area contributed by atoms with Gasteiger partial charge in [0.05, 0.1) is 5.56 Å². The lowest BCUT2D eigenvalue weighted by molar-refractivity contribution is 0.0696. The summed E-state index contributed by atoms with van der Waals surface area (Å²) in [5, 5.41) is 17.5. The van der Waals surface area contributed by atoms with E-state index in [0.717, 1.165) is 24.8 Å². The zero-order valence-corrected chi connectivity index (χ0v) is 13.8. The first kappa shape index (κ1) is 17.1. The summed E-state index contributed by atoms with van der Waals surface area (Å²) in [7, 11) is 0. The number of carboxylic acid groups (broad SMARTS) is 1. The number of hydrogen-bond donors (Lipinski definition) is 4. The van der Waals surface area contributed by atoms with Crippen LogP contribution >= 0.6 is 0 Å². The number of benzene rings is 1. The minimum Gasteiger partial charge on any atom is -0.478 e. The van der Waals surface area contributed by atoms with Gasteiger partial charge in [-0.2, -0.15) is 0 Å². The Bertz CT molecular complexity index is 657. The van der Waals surface area contributed by atoms with Gasteiger partial charge in [0.25, 0.3) is 0 Å². The Morgan fingerprint density at radius 1 is 1.04 bits per heavy atom. The van der Waals surface area contributed by atoms with Crippen LogP contribution in [0, 0.1) is 0 Å². The molecule has 3 rings (SSSR count). The van der Waals surface area contributed by atoms with Gasteiger partial charge in [0.2, 0.25) is 0 Å². The van der Waals surface area contributed by atoms with E-state index in [1.165, 1.54) is 12.1 Å². The number of carbonyl (C=O) groups is 3. The molecule has 1 unspecified atom stereocenters. The number of amides is 4. The molecule has 134 valence electrons. The largest absolute Gasteiger partial charge is 0.478 e. The Labute approximate surface area is 145 Å². The number of urea groups is 2. The molecular formula is C17H22N4O4. The molecule has 1 saturated heterocycles. The lowest BCUT2D eigenvalue weighted by Gasteiger charge is -2.18. The molecule has 1 aliphatic carbocycles. The van der Waals surface area contributed by atoms with Crippen molar-refractivity contribution < 1.29 is 19.5 Å². The highest BCUT2D eigenvalue weighted by atomic mass is 16.4. The van der Waals surface area contributed by atoms with Crippen molar-refractivity contribution in [2.45, 2.75) is 37.9 Å². The summed E-state index contributed by atoms with van der Waals surface area (Å²) < 4.78 is 0. The standard InChI is InChI=1S/C17H22N4O4/c22-15(23)12-3-1-11(2-4-12)9-18-17(25)21-8-7-14(10-21)20-16(24)19-13-5-6-13/h1-4,13-14H,5-10H2,(H,18,25)(H,22,23)(H2,19,20,24). The average Bonchev–Trinajstić information content (AvgIpc) is 3.28. The number of carboxylic acids is 1. The predicted octanol–water partition coefficient (Wildman–Crippen LogP) is 1.13. The molecule has 8 heteroatoms. The van der Waals surface area contributed by atoms with E-state index < -0.39 is 5.97 Å². The summed E-state index contributed by atoms with van der Waals surface area (Å²) in [4.78, 5) is 36.4. The molecule has 1 heterocycles. The van der Waals surface area contributed by atoms with Crippen LogP contribution in [-0.2, 0) is 6.54 Å². The van der Waals surface area contributed by atoms with Crippen molar-refractivity contribution >= 4 is 18.0 Å². The summed E-state index contributed by atoms with van der Waals surface area (Å²) >= 11 is 0. The van der Waals surface area contributed by atoms with Crippen molar-refractivity contribution in [2.24, 2.45) is 0 Å². The van der Waals surface area contributed by atoms with Crippen LogP contribution in [0.4, 0.5) is 9.59 Å². The SMILES string of the molecule is O=C(NC1CC1)NC1CCN(C(=O)NCc2ccc(C(=O)O)cc2)C1. The summed E-state index contributed by atoms with van der Waals surface area (Å²) in [5.74, 6) is -0.975. The van der Waals surface area contributed by atoms with Gasteiger partial charge in [-0.1, -0.05) is 12.1 Å². The van der Waals surface area contributed by atoms with Gasteiger partial charge in [0.1, 0.15) is 0 Å². The topological polar surface area (TPSA) is 111 Å². The molecule has 4 N–H and O–H groups in total. The number of aromatic carboxylic acids is 1. The number of hydrogen-bond acceptors (Lipinski definition) is 3. The third-order valence-corrected chi connectivity index (χ3v) is 4.37. The number of likely N-dealkylation sites (tertiary alicyclic amines) is 1. The molecule has 1 aliphatic heterocycles. The van der Waals surface area contributed by atoms with E-state index in [2.05, 4.69) is 16.0 Å². The first-order valence-corrected chi connectivity index (χ1v) is 8.43. The average molecular weight is 346 g/mol. The van der Waals surface area contributed by atoms with Crippen molar-refractivity contribution in [2.75, 3.05) is 13.1 Å². The molecule has 0 aromatic heterocycles. The van der Waals surface area contributed by atoms with Gasteiger partial charge in [0.15, 0.2) is 0 Å². The lowest BCUT2D eigenvalue weighted by atomic mass is 10.1. The fourth-order valence-corrected chi connectivity index (χ4v) is 2.76. The molecule has 0 spiro atoms. The monoisotopic (exact) mass is 346 g/mol. The molecule has 0 bridgehead atoms. The summed E-state index contributed by atoms with van der Waals surface area (Å²) in [6, 6.07) is 6.33. The van der Waals surface area contributed by atoms with Crippen LogP contribution in [0.25, 0.3) is 0 Å². The molecule has 4 amide bonds. The molecule has 2 aliphatic rings. The third kappa shape index (κ3) is 4.85. The maximum atomic E-state index is 12.2. The van der Waals surface area contributed by atoms with Gasteiger partial charge in [-0.3, -0.25) is 0 Å². The first-order valence-electron chi connectivity index (χ1n) is 8.43. The van der Waals surface area contributed by atoms with Crippen LogP contribution in [0.2, 0.25) is 0 Å². The van der Waals surface area contributed by atoms with E-state index in [0.29, 0.717) is 25.7 Å². The van der Waals surface area contributed by atoms with E-state index in [-0.39, 0.29) is 23.7 Å². The van der Waals surface area contributed by atoms with E-state index in [4.69, 9.17) is 5.11 Å². The zero-order chi connectivity index (χ0) is 17.8. The van der Waals surface area contributed by atoms with Crippen molar-refractivity contribution in [3.8, 4) is 0 Å². The molecule has 0 radical (unpaired) electrons. The van der Waals surface area contributed by atoms with Crippen molar-refractivity contribution in [3.05, 3.63) is 35.4 Å². The van der Waals surface area contributed by atoms with E-state index in [1.54, 1.807) is 17.0 Å². The second kappa shape index (κ2) is 7.42. The quantitative estimate of drug-likeness (QED) is 0.640. The van der Waals surface area contributed by atoms with Gasteiger partial charge in [-0.15, -0.1) is 0 Å². The molecule has 1 atom stereocenters. The Hall–Kier alpha value is -2.77. The van der Waals surface area contributed by atoms with Gasteiger partial charge in [-0.25, -0.2) is 14.4 Å². The van der Waals surface area contributed by atoms with Crippen LogP contribution in [-0.4, -0.2) is 53.2 Å². The Kier molecular flexibility index (Phi) is 5.06. The summed E-state index contributed by atoms with van der Waals surface area (Å²) in [5.41, 5.74) is 1.05. The maximum Gasteiger partial charge on any atom is 0.335 e. The zero-order valence-electron chi connectivity index (χ0n) is 13.8. The second-order valence-electron chi connectivity index (χ2n) is 6.48. The molecule has 1 saturated carbocycles. The van der Waals surface area contributed by atoms with Crippen LogP contribution in [0.15, 0.2) is 24.3 Å². The first-order chi connectivity index (χ1) is 12.0. The Morgan fingerprint density at radius 2 is 1.72 bits per heavy atom. The molecule has 1 aromatic carbocycles. The van der Waals surface area contributed by atoms with Crippen molar-refractivity contribution in [1.29, 1.82) is 0 Å². The normalized spacial score (nSPS) is 19.4. The highest BCUT2D eigenvalue weighted by Crippen LogP contribution is 2.18. The Balaban J connectivity index is 1.40.